The average Bonchev–Trinajstić information content (AvgIpc) is 1.99. The summed E-state index contributed by atoms with van der Waals surface area (Å²) in [6.07, 6.45) is 0. The highest BCUT2D eigenvalue weighted by Gasteiger charge is 1.98. The quantitative estimate of drug-likeness (QED) is 0.717. The van der Waals surface area contributed by atoms with Gasteiger partial charge in [0.05, 0.1) is 0 Å². The van der Waals surface area contributed by atoms with Crippen LogP contribution in [0.25, 0.3) is 0 Å². The van der Waals surface area contributed by atoms with Gasteiger partial charge in [-0.05, 0) is 6.92 Å². The molecule has 2 N–H and O–H groups in total. The molecule has 60 valence electrons. The van der Waals surface area contributed by atoms with Gasteiger partial charge in [0.15, 0.2) is 0 Å². The average molecular weight is 180 g/mol. The van der Waals surface area contributed by atoms with E-state index in [0.29, 0.717) is 5.25 Å². The van der Waals surface area contributed by atoms with Crippen LogP contribution >= 0.6 is 23.4 Å². The monoisotopic (exact) mass is 179 g/mol. The summed E-state index contributed by atoms with van der Waals surface area (Å²) in [5.74, 6) is 0.988. The van der Waals surface area contributed by atoms with E-state index in [1.807, 2.05) is 18.7 Å². The molecule has 0 heterocycles. The lowest BCUT2D eigenvalue weighted by Gasteiger charge is -2.06. The molecule has 0 aliphatic rings. The molecule has 0 radical (unpaired) electrons. The molecule has 0 bridgehead atoms. The molecule has 0 saturated carbocycles. The lowest BCUT2D eigenvalue weighted by atomic mass is 10.4. The maximum Gasteiger partial charge on any atom is 0.0155 e. The van der Waals surface area contributed by atoms with Crippen LogP contribution in [-0.4, -0.2) is 17.5 Å². The van der Waals surface area contributed by atoms with Gasteiger partial charge in [-0.25, -0.2) is 0 Å². The minimum atomic E-state index is 0.534. The number of thioether (sulfide) groups is 1. The summed E-state index contributed by atoms with van der Waals surface area (Å²) in [6, 6.07) is 0. The topological polar surface area (TPSA) is 26.0 Å². The smallest absolute Gasteiger partial charge is 0.0155 e. The lowest BCUT2D eigenvalue weighted by Crippen LogP contribution is -2.13. The highest BCUT2D eigenvalue weighted by molar-refractivity contribution is 8.00. The zero-order valence-electron chi connectivity index (χ0n) is 6.43. The van der Waals surface area contributed by atoms with E-state index in [2.05, 4.69) is 6.92 Å². The Morgan fingerprint density at radius 2 is 2.40 bits per heavy atom. The van der Waals surface area contributed by atoms with E-state index in [0.717, 1.165) is 12.3 Å². The van der Waals surface area contributed by atoms with E-state index in [1.165, 1.54) is 5.57 Å². The molecule has 3 heteroatoms. The van der Waals surface area contributed by atoms with Crippen LogP contribution in [0.5, 0.6) is 0 Å². The lowest BCUT2D eigenvalue weighted by molar-refractivity contribution is 0.952. The van der Waals surface area contributed by atoms with Gasteiger partial charge in [0.2, 0.25) is 0 Å². The summed E-state index contributed by atoms with van der Waals surface area (Å²) < 4.78 is 0. The van der Waals surface area contributed by atoms with Gasteiger partial charge in [0.1, 0.15) is 0 Å². The summed E-state index contributed by atoms with van der Waals surface area (Å²) >= 11 is 7.30. The van der Waals surface area contributed by atoms with E-state index < -0.39 is 0 Å². The number of rotatable bonds is 4. The molecular formula is C7H14ClNS. The van der Waals surface area contributed by atoms with Crippen molar-refractivity contribution in [3.05, 3.63) is 11.1 Å². The van der Waals surface area contributed by atoms with Crippen LogP contribution in [0.2, 0.25) is 0 Å². The van der Waals surface area contributed by atoms with Crippen molar-refractivity contribution in [1.82, 2.24) is 0 Å². The number of halogens is 1. The molecule has 0 aromatic carbocycles. The van der Waals surface area contributed by atoms with Crippen LogP contribution in [0.3, 0.4) is 0 Å². The Labute approximate surface area is 72.0 Å². The van der Waals surface area contributed by atoms with Gasteiger partial charge in [0, 0.05) is 23.1 Å². The molecule has 0 fully saturated rings. The van der Waals surface area contributed by atoms with Crippen LogP contribution in [0.4, 0.5) is 0 Å². The van der Waals surface area contributed by atoms with Crippen LogP contribution in [-0.2, 0) is 0 Å². The fourth-order valence-corrected chi connectivity index (χ4v) is 1.31. The highest BCUT2D eigenvalue weighted by atomic mass is 35.5. The van der Waals surface area contributed by atoms with Crippen molar-refractivity contribution in [2.75, 3.05) is 12.3 Å². The van der Waals surface area contributed by atoms with Crippen molar-refractivity contribution >= 4 is 23.4 Å². The van der Waals surface area contributed by atoms with Gasteiger partial charge in [-0.2, -0.15) is 11.8 Å². The predicted molar refractivity (Wildman–Crippen MR) is 50.6 cm³/mol. The van der Waals surface area contributed by atoms with Crippen LogP contribution in [0.15, 0.2) is 11.1 Å². The normalized spacial score (nSPS) is 15.4. The molecule has 0 saturated heterocycles. The third kappa shape index (κ3) is 5.15. The van der Waals surface area contributed by atoms with Crippen molar-refractivity contribution in [3.8, 4) is 0 Å². The molecule has 0 rings (SSSR count). The standard InChI is InChI=1S/C7H14ClNS/c1-6(3-8)5-10-7(2)4-9/h3,7H,4-5,9H2,1-2H3. The molecular weight excluding hydrogens is 166 g/mol. The second-order valence-electron chi connectivity index (χ2n) is 2.31. The van der Waals surface area contributed by atoms with E-state index in [-0.39, 0.29) is 0 Å². The SMILES string of the molecule is CC(=CCl)CSC(C)CN. The van der Waals surface area contributed by atoms with Crippen molar-refractivity contribution in [2.24, 2.45) is 5.73 Å². The minimum absolute atomic E-state index is 0.534. The third-order valence-electron chi connectivity index (χ3n) is 1.11. The second-order valence-corrected chi connectivity index (χ2v) is 3.96. The molecule has 0 aromatic heterocycles. The van der Waals surface area contributed by atoms with Gasteiger partial charge in [-0.15, -0.1) is 0 Å². The van der Waals surface area contributed by atoms with Crippen molar-refractivity contribution in [3.63, 3.8) is 0 Å². The predicted octanol–water partition coefficient (Wildman–Crippen LogP) is 2.21. The number of hydrogen-bond donors (Lipinski definition) is 1. The maximum absolute atomic E-state index is 5.47. The van der Waals surface area contributed by atoms with Gasteiger partial charge >= 0.3 is 0 Å². The summed E-state index contributed by atoms with van der Waals surface area (Å²) in [7, 11) is 0. The Balaban J connectivity index is 3.35. The molecule has 10 heavy (non-hydrogen) atoms. The molecule has 1 nitrogen and oxygen atoms in total. The van der Waals surface area contributed by atoms with E-state index in [4.69, 9.17) is 17.3 Å². The van der Waals surface area contributed by atoms with Gasteiger partial charge in [-0.1, -0.05) is 24.1 Å². The molecule has 0 aliphatic carbocycles. The molecule has 0 amide bonds. The summed E-state index contributed by atoms with van der Waals surface area (Å²) in [6.45, 7) is 4.87. The summed E-state index contributed by atoms with van der Waals surface area (Å²) in [5, 5.41) is 0.534. The molecule has 1 atom stereocenters. The van der Waals surface area contributed by atoms with Crippen LogP contribution in [0, 0.1) is 0 Å². The van der Waals surface area contributed by atoms with E-state index in [9.17, 15) is 0 Å². The minimum Gasteiger partial charge on any atom is -0.329 e. The van der Waals surface area contributed by atoms with Gasteiger partial charge < -0.3 is 5.73 Å². The maximum atomic E-state index is 5.47. The zero-order valence-corrected chi connectivity index (χ0v) is 8.00. The van der Waals surface area contributed by atoms with Gasteiger partial charge in [-0.3, -0.25) is 0 Å². The first-order valence-corrected chi connectivity index (χ1v) is 4.76. The number of hydrogen-bond acceptors (Lipinski definition) is 2. The van der Waals surface area contributed by atoms with Crippen molar-refractivity contribution < 1.29 is 0 Å². The largest absolute Gasteiger partial charge is 0.329 e. The van der Waals surface area contributed by atoms with Crippen molar-refractivity contribution in [1.29, 1.82) is 0 Å². The fourth-order valence-electron chi connectivity index (χ4n) is 0.373. The van der Waals surface area contributed by atoms with Crippen LogP contribution in [0.1, 0.15) is 13.8 Å². The molecule has 1 unspecified atom stereocenters. The van der Waals surface area contributed by atoms with Gasteiger partial charge in [0.25, 0.3) is 0 Å². The first-order chi connectivity index (χ1) is 4.70. The highest BCUT2D eigenvalue weighted by Crippen LogP contribution is 2.13. The second kappa shape index (κ2) is 6.08. The third-order valence-corrected chi connectivity index (χ3v) is 2.87. The van der Waals surface area contributed by atoms with E-state index >= 15 is 0 Å². The zero-order chi connectivity index (χ0) is 7.98. The Bertz CT molecular complexity index is 114. The Hall–Kier alpha value is 0.340. The first-order valence-electron chi connectivity index (χ1n) is 3.28. The van der Waals surface area contributed by atoms with Crippen LogP contribution < -0.4 is 5.73 Å². The Morgan fingerprint density at radius 1 is 1.80 bits per heavy atom. The molecule has 0 aliphatic heterocycles. The molecule has 0 spiro atoms. The first kappa shape index (κ1) is 10.3. The Morgan fingerprint density at radius 3 is 2.80 bits per heavy atom. The summed E-state index contributed by atoms with van der Waals surface area (Å²) in [5.41, 5.74) is 8.25. The number of nitrogens with two attached hydrogens (primary N) is 1. The van der Waals surface area contributed by atoms with Crippen molar-refractivity contribution in [2.45, 2.75) is 19.1 Å². The molecule has 0 aromatic rings. The Kier molecular flexibility index (Phi) is 6.28. The summed E-state index contributed by atoms with van der Waals surface area (Å²) in [4.78, 5) is 0. The van der Waals surface area contributed by atoms with E-state index in [1.54, 1.807) is 5.54 Å². The fraction of sp³-hybridized carbons (Fsp3) is 0.714.